The number of aryl methyl sites for hydroxylation is 1. The highest BCUT2D eigenvalue weighted by Crippen LogP contribution is 2.50. The molecule has 1 aliphatic heterocycles. The van der Waals surface area contributed by atoms with Gasteiger partial charge in [0, 0.05) is 42.3 Å². The van der Waals surface area contributed by atoms with Crippen LogP contribution >= 0.6 is 0 Å². The number of methoxy groups -OCH3 is 1. The molecule has 0 bridgehead atoms. The summed E-state index contributed by atoms with van der Waals surface area (Å²) in [7, 11) is 1.50. The first kappa shape index (κ1) is 16.9. The summed E-state index contributed by atoms with van der Waals surface area (Å²) < 4.78 is 5.16. The van der Waals surface area contributed by atoms with Gasteiger partial charge in [-0.3, -0.25) is 9.78 Å². The second-order valence-corrected chi connectivity index (χ2v) is 7.43. The molecule has 2 unspecified atom stereocenters. The molecule has 3 heterocycles. The zero-order chi connectivity index (χ0) is 18.3. The van der Waals surface area contributed by atoms with Gasteiger partial charge < -0.3 is 9.64 Å². The van der Waals surface area contributed by atoms with Crippen molar-refractivity contribution in [1.82, 2.24) is 15.0 Å². The fourth-order valence-corrected chi connectivity index (χ4v) is 4.54. The number of nitrogens with zero attached hydrogens (tertiary/aromatic N) is 4. The van der Waals surface area contributed by atoms with Gasteiger partial charge in [-0.05, 0) is 44.7 Å². The second kappa shape index (κ2) is 6.34. The van der Waals surface area contributed by atoms with Crippen LogP contribution in [0.15, 0.2) is 24.5 Å². The highest BCUT2D eigenvalue weighted by molar-refractivity contribution is 5.80. The molecule has 0 aromatic carbocycles. The minimum atomic E-state index is -0.378. The van der Waals surface area contributed by atoms with Crippen LogP contribution < -0.4 is 4.90 Å². The number of aromatic nitrogens is 3. The van der Waals surface area contributed by atoms with E-state index in [0.717, 1.165) is 48.4 Å². The molecule has 6 heteroatoms. The maximum absolute atomic E-state index is 12.5. The Morgan fingerprint density at radius 1 is 1.27 bits per heavy atom. The van der Waals surface area contributed by atoms with Crippen molar-refractivity contribution >= 4 is 11.8 Å². The number of esters is 1. The molecule has 2 aromatic heterocycles. The third-order valence-corrected chi connectivity index (χ3v) is 6.06. The van der Waals surface area contributed by atoms with Crippen LogP contribution in [0, 0.1) is 25.2 Å². The third-order valence-electron chi connectivity index (χ3n) is 6.06. The predicted octanol–water partition coefficient (Wildman–Crippen LogP) is 2.93. The molecular formula is C20H24N4O2. The molecule has 4 rings (SSSR count). The number of hydrogen-bond acceptors (Lipinski definition) is 6. The highest BCUT2D eigenvalue weighted by atomic mass is 16.5. The lowest BCUT2D eigenvalue weighted by atomic mass is 9.81. The van der Waals surface area contributed by atoms with Crippen LogP contribution in [0.2, 0.25) is 0 Å². The molecule has 136 valence electrons. The first-order valence-corrected chi connectivity index (χ1v) is 9.14. The van der Waals surface area contributed by atoms with Crippen LogP contribution in [-0.2, 0) is 9.53 Å². The molecular weight excluding hydrogens is 328 g/mol. The summed E-state index contributed by atoms with van der Waals surface area (Å²) in [6.45, 7) is 5.59. The van der Waals surface area contributed by atoms with E-state index in [-0.39, 0.29) is 11.4 Å². The Hall–Kier alpha value is -2.50. The van der Waals surface area contributed by atoms with E-state index >= 15 is 0 Å². The number of pyridine rings is 1. The van der Waals surface area contributed by atoms with E-state index in [1.165, 1.54) is 7.11 Å². The van der Waals surface area contributed by atoms with E-state index in [1.807, 2.05) is 19.1 Å². The third kappa shape index (κ3) is 2.55. The Morgan fingerprint density at radius 2 is 2.04 bits per heavy atom. The Bertz CT molecular complexity index is 839. The Kier molecular flexibility index (Phi) is 4.13. The summed E-state index contributed by atoms with van der Waals surface area (Å²) in [6.07, 6.45) is 6.57. The number of rotatable bonds is 3. The Balaban J connectivity index is 1.73. The number of ether oxygens (including phenoxy) is 1. The van der Waals surface area contributed by atoms with E-state index < -0.39 is 0 Å². The van der Waals surface area contributed by atoms with E-state index in [0.29, 0.717) is 18.3 Å². The Morgan fingerprint density at radius 3 is 2.77 bits per heavy atom. The molecule has 0 amide bonds. The molecule has 2 atom stereocenters. The summed E-state index contributed by atoms with van der Waals surface area (Å²) in [5.74, 6) is 1.91. The molecule has 0 spiro atoms. The molecule has 6 nitrogen and oxygen atoms in total. The molecule has 0 radical (unpaired) electrons. The first-order chi connectivity index (χ1) is 12.5. The normalized spacial score (nSPS) is 24.6. The minimum Gasteiger partial charge on any atom is -0.469 e. The maximum Gasteiger partial charge on any atom is 0.313 e. The van der Waals surface area contributed by atoms with E-state index in [2.05, 4.69) is 21.8 Å². The fraction of sp³-hybridized carbons (Fsp3) is 0.500. The average molecular weight is 352 g/mol. The van der Waals surface area contributed by atoms with Gasteiger partial charge in [-0.1, -0.05) is 6.42 Å². The molecule has 1 saturated heterocycles. The van der Waals surface area contributed by atoms with Gasteiger partial charge in [0.15, 0.2) is 5.82 Å². The zero-order valence-electron chi connectivity index (χ0n) is 15.5. The van der Waals surface area contributed by atoms with Crippen molar-refractivity contribution in [2.45, 2.75) is 33.1 Å². The molecule has 2 aromatic rings. The second-order valence-electron chi connectivity index (χ2n) is 7.43. The molecule has 1 aliphatic carbocycles. The number of hydrogen-bond donors (Lipinski definition) is 0. The summed E-state index contributed by atoms with van der Waals surface area (Å²) in [5, 5.41) is 0. The van der Waals surface area contributed by atoms with Gasteiger partial charge in [-0.2, -0.15) is 0 Å². The van der Waals surface area contributed by atoms with Crippen LogP contribution in [0.1, 0.15) is 30.5 Å². The summed E-state index contributed by atoms with van der Waals surface area (Å²) >= 11 is 0. The summed E-state index contributed by atoms with van der Waals surface area (Å²) in [5.41, 5.74) is 2.61. The van der Waals surface area contributed by atoms with Gasteiger partial charge in [0.25, 0.3) is 0 Å². The van der Waals surface area contributed by atoms with Crippen LogP contribution in [0.5, 0.6) is 0 Å². The van der Waals surface area contributed by atoms with Crippen LogP contribution in [0.3, 0.4) is 0 Å². The van der Waals surface area contributed by atoms with Gasteiger partial charge in [0.2, 0.25) is 0 Å². The predicted molar refractivity (Wildman–Crippen MR) is 98.7 cm³/mol. The quantitative estimate of drug-likeness (QED) is 0.791. The molecule has 2 aliphatic rings. The standard InChI is InChI=1S/C20H24N4O2/c1-13-14(2)22-17(15-6-9-21-10-7-15)23-18(13)24-11-16-5-4-8-20(16,12-24)19(25)26-3/h6-7,9-10,16H,4-5,8,11-12H2,1-3H3. The van der Waals surface area contributed by atoms with Crippen LogP contribution in [-0.4, -0.2) is 41.1 Å². The molecule has 1 saturated carbocycles. The largest absolute Gasteiger partial charge is 0.469 e. The van der Waals surface area contributed by atoms with Crippen LogP contribution in [0.4, 0.5) is 5.82 Å². The van der Waals surface area contributed by atoms with Gasteiger partial charge in [0.1, 0.15) is 5.82 Å². The zero-order valence-corrected chi connectivity index (χ0v) is 15.5. The lowest BCUT2D eigenvalue weighted by molar-refractivity contribution is -0.152. The monoisotopic (exact) mass is 352 g/mol. The molecule has 0 N–H and O–H groups in total. The van der Waals surface area contributed by atoms with Gasteiger partial charge in [-0.15, -0.1) is 0 Å². The minimum absolute atomic E-state index is 0.0692. The first-order valence-electron chi connectivity index (χ1n) is 9.14. The van der Waals surface area contributed by atoms with Crippen molar-refractivity contribution in [2.24, 2.45) is 11.3 Å². The lowest BCUT2D eigenvalue weighted by Crippen LogP contribution is -2.37. The number of carbonyl (C=O) groups excluding carboxylic acids is 1. The van der Waals surface area contributed by atoms with Crippen molar-refractivity contribution in [3.8, 4) is 11.4 Å². The molecule has 2 fully saturated rings. The van der Waals surface area contributed by atoms with Crippen LogP contribution in [0.25, 0.3) is 11.4 Å². The van der Waals surface area contributed by atoms with E-state index in [9.17, 15) is 4.79 Å². The number of anilines is 1. The summed E-state index contributed by atoms with van der Waals surface area (Å²) in [6, 6.07) is 3.84. The Labute approximate surface area is 153 Å². The van der Waals surface area contributed by atoms with Gasteiger partial charge >= 0.3 is 5.97 Å². The fourth-order valence-electron chi connectivity index (χ4n) is 4.54. The topological polar surface area (TPSA) is 68.2 Å². The average Bonchev–Trinajstić information content (AvgIpc) is 3.22. The maximum atomic E-state index is 12.5. The summed E-state index contributed by atoms with van der Waals surface area (Å²) in [4.78, 5) is 28.4. The number of fused-ring (bicyclic) bond motifs is 1. The van der Waals surface area contributed by atoms with Crippen molar-refractivity contribution in [2.75, 3.05) is 25.1 Å². The van der Waals surface area contributed by atoms with Crippen molar-refractivity contribution in [3.05, 3.63) is 35.8 Å². The van der Waals surface area contributed by atoms with Crippen molar-refractivity contribution in [3.63, 3.8) is 0 Å². The lowest BCUT2D eigenvalue weighted by Gasteiger charge is -2.26. The van der Waals surface area contributed by atoms with E-state index in [4.69, 9.17) is 9.72 Å². The van der Waals surface area contributed by atoms with Crippen molar-refractivity contribution in [1.29, 1.82) is 0 Å². The SMILES string of the molecule is COC(=O)C12CCCC1CN(c1nc(-c3ccncc3)nc(C)c1C)C2. The van der Waals surface area contributed by atoms with Crippen molar-refractivity contribution < 1.29 is 9.53 Å². The van der Waals surface area contributed by atoms with Gasteiger partial charge in [0.05, 0.1) is 12.5 Å². The number of carbonyl (C=O) groups is 1. The highest BCUT2D eigenvalue weighted by Gasteiger charge is 2.55. The van der Waals surface area contributed by atoms with Gasteiger partial charge in [-0.25, -0.2) is 9.97 Å². The molecule has 26 heavy (non-hydrogen) atoms. The van der Waals surface area contributed by atoms with E-state index in [1.54, 1.807) is 12.4 Å². The smallest absolute Gasteiger partial charge is 0.313 e.